The van der Waals surface area contributed by atoms with Crippen LogP contribution in [0.15, 0.2) is 18.2 Å². The van der Waals surface area contributed by atoms with Crippen molar-refractivity contribution in [1.29, 1.82) is 0 Å². The van der Waals surface area contributed by atoms with Crippen LogP contribution in [0.5, 0.6) is 0 Å². The van der Waals surface area contributed by atoms with Crippen molar-refractivity contribution >= 4 is 28.9 Å². The van der Waals surface area contributed by atoms with E-state index < -0.39 is 0 Å². The van der Waals surface area contributed by atoms with E-state index in [4.69, 9.17) is 23.2 Å². The number of hydrogen-bond donors (Lipinski definition) is 0. The van der Waals surface area contributed by atoms with Gasteiger partial charge in [-0.2, -0.15) is 0 Å². The minimum Gasteiger partial charge on any atom is -0.371 e. The van der Waals surface area contributed by atoms with Crippen molar-refractivity contribution in [2.24, 2.45) is 0 Å². The summed E-state index contributed by atoms with van der Waals surface area (Å²) in [5.41, 5.74) is 2.39. The van der Waals surface area contributed by atoms with Gasteiger partial charge >= 0.3 is 0 Å². The van der Waals surface area contributed by atoms with Crippen LogP contribution in [-0.4, -0.2) is 13.1 Å². The van der Waals surface area contributed by atoms with Crippen LogP contribution in [0.1, 0.15) is 18.4 Å². The maximum Gasteiger partial charge on any atom is 0.0494 e. The first-order valence-electron chi connectivity index (χ1n) is 4.90. The fourth-order valence-electron chi connectivity index (χ4n) is 1.90. The Hall–Kier alpha value is -0.400. The van der Waals surface area contributed by atoms with Gasteiger partial charge in [0.15, 0.2) is 0 Å². The van der Waals surface area contributed by atoms with E-state index in [0.29, 0.717) is 5.88 Å². The highest BCUT2D eigenvalue weighted by Gasteiger charge is 2.15. The molecule has 3 heteroatoms. The maximum absolute atomic E-state index is 5.98. The van der Waals surface area contributed by atoms with E-state index in [1.54, 1.807) is 0 Å². The second kappa shape index (κ2) is 4.41. The molecule has 0 aliphatic carbocycles. The van der Waals surface area contributed by atoms with Gasteiger partial charge in [0.2, 0.25) is 0 Å². The Morgan fingerprint density at radius 2 is 1.93 bits per heavy atom. The highest BCUT2D eigenvalue weighted by atomic mass is 35.5. The molecule has 0 atom stereocenters. The zero-order chi connectivity index (χ0) is 9.97. The second-order valence-electron chi connectivity index (χ2n) is 3.60. The molecule has 1 aliphatic heterocycles. The number of anilines is 1. The Balaban J connectivity index is 2.33. The quantitative estimate of drug-likeness (QED) is 0.700. The van der Waals surface area contributed by atoms with Crippen molar-refractivity contribution < 1.29 is 0 Å². The van der Waals surface area contributed by atoms with E-state index in [1.165, 1.54) is 24.1 Å². The molecule has 1 aliphatic rings. The molecule has 1 fully saturated rings. The number of hydrogen-bond acceptors (Lipinski definition) is 1. The molecule has 1 saturated heterocycles. The van der Waals surface area contributed by atoms with E-state index in [0.717, 1.165) is 18.1 Å². The van der Waals surface area contributed by atoms with Gasteiger partial charge in [0.1, 0.15) is 0 Å². The summed E-state index contributed by atoms with van der Waals surface area (Å²) in [6.07, 6.45) is 2.54. The second-order valence-corrected chi connectivity index (χ2v) is 4.30. The summed E-state index contributed by atoms with van der Waals surface area (Å²) in [4.78, 5) is 2.36. The zero-order valence-corrected chi connectivity index (χ0v) is 9.48. The Kier molecular flexibility index (Phi) is 3.19. The molecular formula is C11H13Cl2N. The van der Waals surface area contributed by atoms with Crippen molar-refractivity contribution in [3.8, 4) is 0 Å². The molecule has 0 aromatic heterocycles. The van der Waals surface area contributed by atoms with E-state index in [-0.39, 0.29) is 0 Å². The highest BCUT2D eigenvalue weighted by Crippen LogP contribution is 2.28. The van der Waals surface area contributed by atoms with Crippen LogP contribution in [0.3, 0.4) is 0 Å². The maximum atomic E-state index is 5.98. The first kappa shape index (κ1) is 10.1. The Bertz CT molecular complexity index is 319. The molecule has 76 valence electrons. The normalized spacial score (nSPS) is 16.3. The minimum atomic E-state index is 0.559. The first-order chi connectivity index (χ1) is 6.81. The van der Waals surface area contributed by atoms with E-state index >= 15 is 0 Å². The number of alkyl halides is 1. The summed E-state index contributed by atoms with van der Waals surface area (Å²) in [7, 11) is 0. The minimum absolute atomic E-state index is 0.559. The molecule has 0 bridgehead atoms. The molecular weight excluding hydrogens is 217 g/mol. The van der Waals surface area contributed by atoms with Gasteiger partial charge in [-0.3, -0.25) is 0 Å². The van der Waals surface area contributed by atoms with Crippen molar-refractivity contribution in [2.45, 2.75) is 18.7 Å². The third-order valence-electron chi connectivity index (χ3n) is 2.64. The molecule has 2 rings (SSSR count). The Labute approximate surface area is 94.6 Å². The van der Waals surface area contributed by atoms with Crippen molar-refractivity contribution in [3.63, 3.8) is 0 Å². The van der Waals surface area contributed by atoms with Crippen LogP contribution in [0.2, 0.25) is 5.02 Å². The molecule has 0 saturated carbocycles. The molecule has 1 aromatic rings. The molecule has 0 spiro atoms. The van der Waals surface area contributed by atoms with Gasteiger partial charge in [-0.15, -0.1) is 11.6 Å². The van der Waals surface area contributed by atoms with Crippen LogP contribution in [-0.2, 0) is 5.88 Å². The SMILES string of the molecule is ClCc1ccc(Cl)cc1N1CCCC1. The van der Waals surface area contributed by atoms with Crippen LogP contribution >= 0.6 is 23.2 Å². The topological polar surface area (TPSA) is 3.24 Å². The molecule has 1 aromatic carbocycles. The van der Waals surface area contributed by atoms with Gasteiger partial charge in [0, 0.05) is 29.7 Å². The Morgan fingerprint density at radius 1 is 1.21 bits per heavy atom. The van der Waals surface area contributed by atoms with Crippen LogP contribution in [0, 0.1) is 0 Å². The van der Waals surface area contributed by atoms with Crippen molar-refractivity contribution in [2.75, 3.05) is 18.0 Å². The summed E-state index contributed by atoms with van der Waals surface area (Å²) >= 11 is 11.9. The standard InChI is InChI=1S/C11H13Cl2N/c12-8-9-3-4-10(13)7-11(9)14-5-1-2-6-14/h3-4,7H,1-2,5-6,8H2. The lowest BCUT2D eigenvalue weighted by Crippen LogP contribution is -2.18. The molecule has 1 heterocycles. The first-order valence-corrected chi connectivity index (χ1v) is 5.82. The number of nitrogens with zero attached hydrogens (tertiary/aromatic N) is 1. The van der Waals surface area contributed by atoms with Crippen LogP contribution in [0.25, 0.3) is 0 Å². The summed E-state index contributed by atoms with van der Waals surface area (Å²) in [6, 6.07) is 5.94. The van der Waals surface area contributed by atoms with Crippen molar-refractivity contribution in [1.82, 2.24) is 0 Å². The van der Waals surface area contributed by atoms with Crippen molar-refractivity contribution in [3.05, 3.63) is 28.8 Å². The lowest BCUT2D eigenvalue weighted by atomic mass is 10.2. The predicted molar refractivity (Wildman–Crippen MR) is 62.5 cm³/mol. The lowest BCUT2D eigenvalue weighted by molar-refractivity contribution is 0.949. The van der Waals surface area contributed by atoms with E-state index in [9.17, 15) is 0 Å². The van der Waals surface area contributed by atoms with Gasteiger partial charge < -0.3 is 4.90 Å². The molecule has 0 amide bonds. The molecule has 0 radical (unpaired) electrons. The van der Waals surface area contributed by atoms with Crippen LogP contribution in [0.4, 0.5) is 5.69 Å². The third kappa shape index (κ3) is 1.99. The molecule has 0 N–H and O–H groups in total. The summed E-state index contributed by atoms with van der Waals surface area (Å²) < 4.78 is 0. The van der Waals surface area contributed by atoms with Gasteiger partial charge in [-0.05, 0) is 30.5 Å². The predicted octanol–water partition coefficient (Wildman–Crippen LogP) is 3.68. The average Bonchev–Trinajstić information content (AvgIpc) is 2.70. The smallest absolute Gasteiger partial charge is 0.0494 e. The monoisotopic (exact) mass is 229 g/mol. The van der Waals surface area contributed by atoms with Gasteiger partial charge in [0.25, 0.3) is 0 Å². The average molecular weight is 230 g/mol. The van der Waals surface area contributed by atoms with Crippen LogP contribution < -0.4 is 4.90 Å². The molecule has 1 nitrogen and oxygen atoms in total. The zero-order valence-electron chi connectivity index (χ0n) is 7.97. The summed E-state index contributed by atoms with van der Waals surface area (Å²) in [6.45, 7) is 2.26. The molecule has 0 unspecified atom stereocenters. The number of halogens is 2. The lowest BCUT2D eigenvalue weighted by Gasteiger charge is -2.20. The highest BCUT2D eigenvalue weighted by molar-refractivity contribution is 6.31. The van der Waals surface area contributed by atoms with Gasteiger partial charge in [-0.1, -0.05) is 17.7 Å². The summed E-state index contributed by atoms with van der Waals surface area (Å²) in [5, 5.41) is 0.792. The Morgan fingerprint density at radius 3 is 2.57 bits per heavy atom. The largest absolute Gasteiger partial charge is 0.371 e. The van der Waals surface area contributed by atoms with Gasteiger partial charge in [0.05, 0.1) is 0 Å². The fourth-order valence-corrected chi connectivity index (χ4v) is 2.29. The van der Waals surface area contributed by atoms with E-state index in [2.05, 4.69) is 4.90 Å². The van der Waals surface area contributed by atoms with E-state index in [1.807, 2.05) is 18.2 Å². The summed E-state index contributed by atoms with van der Waals surface area (Å²) in [5.74, 6) is 0.559. The van der Waals surface area contributed by atoms with Gasteiger partial charge in [-0.25, -0.2) is 0 Å². The third-order valence-corrected chi connectivity index (χ3v) is 3.16. The fraction of sp³-hybridized carbons (Fsp3) is 0.455. The molecule has 14 heavy (non-hydrogen) atoms. The number of rotatable bonds is 2. The number of benzene rings is 1.